The van der Waals surface area contributed by atoms with Crippen molar-refractivity contribution in [2.24, 2.45) is 7.05 Å². The molecule has 0 aliphatic rings. The van der Waals surface area contributed by atoms with Gasteiger partial charge in [0.2, 0.25) is 0 Å². The van der Waals surface area contributed by atoms with E-state index in [2.05, 4.69) is 5.10 Å². The number of nitrogens with two attached hydrogens (primary N) is 1. The summed E-state index contributed by atoms with van der Waals surface area (Å²) in [6.07, 6.45) is 1.55. The Morgan fingerprint density at radius 3 is 2.90 bits per heavy atom. The average molecular weight is 305 g/mol. The van der Waals surface area contributed by atoms with Crippen LogP contribution < -0.4 is 5.73 Å². The van der Waals surface area contributed by atoms with Crippen molar-refractivity contribution >= 4 is 23.4 Å². The Bertz CT molecular complexity index is 652. The van der Waals surface area contributed by atoms with E-state index in [0.717, 1.165) is 21.8 Å². The van der Waals surface area contributed by atoms with Crippen LogP contribution in [0.1, 0.15) is 28.5 Å². The number of thioether (sulfide) groups is 1. The number of benzene rings is 1. The fourth-order valence-electron chi connectivity index (χ4n) is 1.96. The van der Waals surface area contributed by atoms with Gasteiger partial charge >= 0.3 is 5.97 Å². The lowest BCUT2D eigenvalue weighted by molar-refractivity contribution is 0.0525. The second-order valence-electron chi connectivity index (χ2n) is 4.68. The molecule has 0 amide bonds. The number of aryl methyl sites for hydroxylation is 2. The van der Waals surface area contributed by atoms with E-state index < -0.39 is 0 Å². The highest BCUT2D eigenvalue weighted by atomic mass is 32.2. The van der Waals surface area contributed by atoms with Crippen LogP contribution in [0.5, 0.6) is 0 Å². The highest BCUT2D eigenvalue weighted by Gasteiger charge is 2.17. The summed E-state index contributed by atoms with van der Waals surface area (Å²) in [4.78, 5) is 12.9. The van der Waals surface area contributed by atoms with Gasteiger partial charge in [0, 0.05) is 23.4 Å². The van der Waals surface area contributed by atoms with Crippen molar-refractivity contribution < 1.29 is 9.53 Å². The number of carbonyl (C=O) groups is 1. The quantitative estimate of drug-likeness (QED) is 0.522. The summed E-state index contributed by atoms with van der Waals surface area (Å²) in [5.41, 5.74) is 9.23. The van der Waals surface area contributed by atoms with E-state index in [9.17, 15) is 4.79 Å². The van der Waals surface area contributed by atoms with Crippen molar-refractivity contribution in [1.82, 2.24) is 9.78 Å². The number of ether oxygens (including phenoxy) is 1. The second-order valence-corrected chi connectivity index (χ2v) is 5.70. The van der Waals surface area contributed by atoms with Gasteiger partial charge in [-0.3, -0.25) is 4.68 Å². The van der Waals surface area contributed by atoms with Crippen LogP contribution in [0.15, 0.2) is 29.3 Å². The van der Waals surface area contributed by atoms with Crippen LogP contribution in [-0.2, 0) is 17.5 Å². The normalized spacial score (nSPS) is 10.6. The van der Waals surface area contributed by atoms with E-state index in [1.54, 1.807) is 29.6 Å². The first-order valence-corrected chi connectivity index (χ1v) is 7.68. The molecule has 1 aromatic carbocycles. The number of carbonyl (C=O) groups excluding carboxylic acids is 1. The first-order valence-electron chi connectivity index (χ1n) is 6.69. The van der Waals surface area contributed by atoms with Gasteiger partial charge in [0.1, 0.15) is 5.56 Å². The molecule has 1 aromatic heterocycles. The minimum atomic E-state index is -0.335. The maximum absolute atomic E-state index is 11.9. The Labute approximate surface area is 128 Å². The third-order valence-corrected chi connectivity index (χ3v) is 4.19. The van der Waals surface area contributed by atoms with Gasteiger partial charge in [0.05, 0.1) is 18.5 Å². The van der Waals surface area contributed by atoms with Gasteiger partial charge in [0.25, 0.3) is 0 Å². The van der Waals surface area contributed by atoms with Gasteiger partial charge in [-0.05, 0) is 31.5 Å². The highest BCUT2D eigenvalue weighted by Crippen LogP contribution is 2.29. The van der Waals surface area contributed by atoms with Crippen molar-refractivity contribution in [2.45, 2.75) is 24.5 Å². The Morgan fingerprint density at radius 1 is 1.48 bits per heavy atom. The van der Waals surface area contributed by atoms with Crippen molar-refractivity contribution in [1.29, 1.82) is 0 Å². The Morgan fingerprint density at radius 2 is 2.24 bits per heavy atom. The molecular weight excluding hydrogens is 286 g/mol. The zero-order valence-corrected chi connectivity index (χ0v) is 13.2. The zero-order valence-electron chi connectivity index (χ0n) is 12.4. The molecule has 0 spiro atoms. The number of esters is 1. The van der Waals surface area contributed by atoms with E-state index in [-0.39, 0.29) is 5.97 Å². The van der Waals surface area contributed by atoms with Crippen LogP contribution >= 0.6 is 11.8 Å². The Hall–Kier alpha value is -1.95. The van der Waals surface area contributed by atoms with Crippen LogP contribution in [0.4, 0.5) is 5.69 Å². The molecule has 0 saturated carbocycles. The van der Waals surface area contributed by atoms with Crippen LogP contribution in [-0.4, -0.2) is 22.4 Å². The van der Waals surface area contributed by atoms with Gasteiger partial charge < -0.3 is 10.5 Å². The molecule has 6 heteroatoms. The Kier molecular flexibility index (Phi) is 4.90. The predicted molar refractivity (Wildman–Crippen MR) is 84.3 cm³/mol. The third-order valence-electron chi connectivity index (χ3n) is 3.09. The number of aromatic nitrogens is 2. The van der Waals surface area contributed by atoms with Crippen LogP contribution in [0.2, 0.25) is 0 Å². The number of hydrogen-bond acceptors (Lipinski definition) is 5. The summed E-state index contributed by atoms with van der Waals surface area (Å²) in [6, 6.07) is 5.96. The maximum atomic E-state index is 11.9. The van der Waals surface area contributed by atoms with Gasteiger partial charge in [-0.25, -0.2) is 4.79 Å². The summed E-state index contributed by atoms with van der Waals surface area (Å²) < 4.78 is 6.75. The summed E-state index contributed by atoms with van der Waals surface area (Å²) in [6.45, 7) is 4.14. The van der Waals surface area contributed by atoms with Crippen LogP contribution in [0, 0.1) is 6.92 Å². The van der Waals surface area contributed by atoms with E-state index >= 15 is 0 Å². The largest absolute Gasteiger partial charge is 0.462 e. The second kappa shape index (κ2) is 6.67. The first kappa shape index (κ1) is 15.4. The minimum absolute atomic E-state index is 0.335. The van der Waals surface area contributed by atoms with E-state index in [1.807, 2.05) is 32.2 Å². The molecule has 1 heterocycles. The summed E-state index contributed by atoms with van der Waals surface area (Å²) in [5.74, 6) is 0.274. The molecule has 2 N–H and O–H groups in total. The lowest BCUT2D eigenvalue weighted by Crippen LogP contribution is -2.08. The zero-order chi connectivity index (χ0) is 15.4. The molecule has 2 rings (SSSR count). The molecule has 0 atom stereocenters. The average Bonchev–Trinajstić information content (AvgIpc) is 2.79. The summed E-state index contributed by atoms with van der Waals surface area (Å²) in [7, 11) is 1.82. The SMILES string of the molecule is CCOC(=O)c1cnn(C)c1CSc1ccc(C)cc1N. The molecule has 0 unspecified atom stereocenters. The first-order chi connectivity index (χ1) is 10.0. The van der Waals surface area contributed by atoms with Crippen LogP contribution in [0.3, 0.4) is 0 Å². The fraction of sp³-hybridized carbons (Fsp3) is 0.333. The lowest BCUT2D eigenvalue weighted by atomic mass is 10.2. The number of nitrogen functional groups attached to an aromatic ring is 1. The number of hydrogen-bond donors (Lipinski definition) is 1. The molecule has 0 aliphatic carbocycles. The van der Waals surface area contributed by atoms with Crippen LogP contribution in [0.25, 0.3) is 0 Å². The molecule has 112 valence electrons. The van der Waals surface area contributed by atoms with E-state index in [1.165, 1.54) is 0 Å². The summed E-state index contributed by atoms with van der Waals surface area (Å²) >= 11 is 1.58. The monoisotopic (exact) mass is 305 g/mol. The molecule has 0 saturated heterocycles. The molecule has 21 heavy (non-hydrogen) atoms. The van der Waals surface area contributed by atoms with Crippen molar-refractivity contribution in [3.05, 3.63) is 41.2 Å². The van der Waals surface area contributed by atoms with Crippen molar-refractivity contribution in [3.63, 3.8) is 0 Å². The number of anilines is 1. The molecule has 0 bridgehead atoms. The molecular formula is C15H19N3O2S. The molecule has 0 aliphatic heterocycles. The van der Waals surface area contributed by atoms with E-state index in [4.69, 9.17) is 10.5 Å². The molecule has 0 fully saturated rings. The summed E-state index contributed by atoms with van der Waals surface area (Å²) in [5, 5.41) is 4.14. The van der Waals surface area contributed by atoms with Gasteiger partial charge in [-0.2, -0.15) is 5.10 Å². The molecule has 5 nitrogen and oxygen atoms in total. The Balaban J connectivity index is 2.16. The van der Waals surface area contributed by atoms with Gasteiger partial charge in [-0.1, -0.05) is 6.07 Å². The lowest BCUT2D eigenvalue weighted by Gasteiger charge is -2.08. The van der Waals surface area contributed by atoms with Crippen molar-refractivity contribution in [3.8, 4) is 0 Å². The standard InChI is InChI=1S/C15H19N3O2S/c1-4-20-15(19)11-8-17-18(3)13(11)9-21-14-6-5-10(2)7-12(14)16/h5-8H,4,9,16H2,1-3H3. The van der Waals surface area contributed by atoms with E-state index in [0.29, 0.717) is 17.9 Å². The maximum Gasteiger partial charge on any atom is 0.341 e. The molecule has 2 aromatic rings. The fourth-order valence-corrected chi connectivity index (χ4v) is 2.98. The topological polar surface area (TPSA) is 70.1 Å². The molecule has 0 radical (unpaired) electrons. The van der Waals surface area contributed by atoms with Crippen molar-refractivity contribution in [2.75, 3.05) is 12.3 Å². The smallest absolute Gasteiger partial charge is 0.341 e. The van der Waals surface area contributed by atoms with Gasteiger partial charge in [-0.15, -0.1) is 11.8 Å². The number of rotatable bonds is 5. The predicted octanol–water partition coefficient (Wildman–Crippen LogP) is 2.78. The van der Waals surface area contributed by atoms with Gasteiger partial charge in [0.15, 0.2) is 0 Å². The minimum Gasteiger partial charge on any atom is -0.462 e. The third kappa shape index (κ3) is 3.58. The number of nitrogens with zero attached hydrogens (tertiary/aromatic N) is 2. The highest BCUT2D eigenvalue weighted by molar-refractivity contribution is 7.98.